The summed E-state index contributed by atoms with van der Waals surface area (Å²) < 4.78 is 147. The van der Waals surface area contributed by atoms with Crippen molar-refractivity contribution in [3.05, 3.63) is 116 Å². The maximum absolute atomic E-state index is 15.3. The van der Waals surface area contributed by atoms with Crippen LogP contribution < -0.4 is 21.5 Å². The molecule has 0 bridgehead atoms. The van der Waals surface area contributed by atoms with Gasteiger partial charge in [-0.15, -0.1) is 0 Å². The van der Waals surface area contributed by atoms with Crippen molar-refractivity contribution in [1.82, 2.24) is 0 Å². The van der Waals surface area contributed by atoms with Crippen LogP contribution in [0.5, 0.6) is 0 Å². The van der Waals surface area contributed by atoms with Crippen molar-refractivity contribution in [1.29, 1.82) is 0 Å². The molecule has 4 aromatic rings. The summed E-state index contributed by atoms with van der Waals surface area (Å²) in [5, 5.41) is 1.60. The fraction of sp³-hybridized carbons (Fsp3) is 0.273. The van der Waals surface area contributed by atoms with Crippen LogP contribution in [0.25, 0.3) is 0 Å². The highest BCUT2D eigenvalue weighted by molar-refractivity contribution is 7.74. The van der Waals surface area contributed by atoms with Gasteiger partial charge in [-0.3, -0.25) is 0 Å². The molecule has 0 radical (unpaired) electrons. The number of rotatable bonds is 7. The molecule has 0 saturated heterocycles. The lowest BCUT2D eigenvalue weighted by Gasteiger charge is -2.33. The van der Waals surface area contributed by atoms with Gasteiger partial charge in [0.25, 0.3) is 0 Å². The first kappa shape index (κ1) is 34.5. The molecule has 1 unspecified atom stereocenters. The molecule has 238 valence electrons. The van der Waals surface area contributed by atoms with E-state index in [1.54, 1.807) is 6.92 Å². The minimum absolute atomic E-state index is 0.748. The molecule has 0 fully saturated rings. The normalized spacial score (nSPS) is 12.3. The van der Waals surface area contributed by atoms with Gasteiger partial charge < -0.3 is 0 Å². The van der Waals surface area contributed by atoms with E-state index in [1.807, 2.05) is 65.8 Å². The van der Waals surface area contributed by atoms with E-state index >= 15 is 17.6 Å². The van der Waals surface area contributed by atoms with Gasteiger partial charge >= 0.3 is 0 Å². The summed E-state index contributed by atoms with van der Waals surface area (Å²) in [6.07, 6.45) is -0.748. The van der Waals surface area contributed by atoms with Gasteiger partial charge in [-0.25, -0.2) is 43.9 Å². The molecule has 0 N–H and O–H groups in total. The van der Waals surface area contributed by atoms with Crippen LogP contribution in [0.15, 0.2) is 24.3 Å². The number of halogens is 10. The summed E-state index contributed by atoms with van der Waals surface area (Å²) in [5.74, 6) is -24.4. The lowest BCUT2D eigenvalue weighted by molar-refractivity contribution is 0.382. The zero-order valence-electron chi connectivity index (χ0n) is 25.4. The van der Waals surface area contributed by atoms with Crippen LogP contribution >= 0.6 is 7.92 Å². The van der Waals surface area contributed by atoms with Crippen molar-refractivity contribution < 1.29 is 43.9 Å². The molecule has 0 aliphatic heterocycles. The summed E-state index contributed by atoms with van der Waals surface area (Å²) in [6, 6.07) is 7.59. The summed E-state index contributed by atoms with van der Waals surface area (Å²) in [5.41, 5.74) is 0.863. The second kappa shape index (κ2) is 12.8. The highest BCUT2D eigenvalue weighted by Gasteiger charge is 2.42. The van der Waals surface area contributed by atoms with Crippen LogP contribution in [0, 0.1) is 99.7 Å². The second-order valence-electron chi connectivity index (χ2n) is 11.5. The van der Waals surface area contributed by atoms with Gasteiger partial charge in [0.2, 0.25) is 6.71 Å². The Labute approximate surface area is 256 Å². The van der Waals surface area contributed by atoms with Gasteiger partial charge in [0.15, 0.2) is 58.2 Å². The fourth-order valence-electron chi connectivity index (χ4n) is 6.34. The Bertz CT molecular complexity index is 1610. The molecule has 0 aliphatic rings. The quantitative estimate of drug-likeness (QED) is 0.0621. The van der Waals surface area contributed by atoms with E-state index in [-0.39, 0.29) is 0 Å². The van der Waals surface area contributed by atoms with Crippen molar-refractivity contribution >= 4 is 36.2 Å². The predicted molar refractivity (Wildman–Crippen MR) is 159 cm³/mol. The predicted octanol–water partition coefficient (Wildman–Crippen LogP) is 8.06. The molecule has 0 heterocycles. The Balaban J connectivity index is 2.09. The van der Waals surface area contributed by atoms with Gasteiger partial charge in [-0.2, -0.15) is 0 Å². The topological polar surface area (TPSA) is 0 Å². The van der Waals surface area contributed by atoms with Crippen LogP contribution in [-0.4, -0.2) is 12.4 Å². The van der Waals surface area contributed by atoms with Gasteiger partial charge in [0.05, 0.1) is 0 Å². The maximum atomic E-state index is 15.3. The van der Waals surface area contributed by atoms with E-state index < -0.39 is 95.7 Å². The lowest BCUT2D eigenvalue weighted by Crippen LogP contribution is -2.52. The van der Waals surface area contributed by atoms with E-state index in [0.717, 1.165) is 44.0 Å². The van der Waals surface area contributed by atoms with E-state index in [9.17, 15) is 26.3 Å². The minimum Gasteiger partial charge on any atom is -0.204 e. The van der Waals surface area contributed by atoms with Crippen LogP contribution in [0.1, 0.15) is 40.3 Å². The molecule has 4 rings (SSSR count). The van der Waals surface area contributed by atoms with E-state index in [0.29, 0.717) is 0 Å². The molecule has 0 saturated carbocycles. The third-order valence-electron chi connectivity index (χ3n) is 7.95. The zero-order valence-corrected chi connectivity index (χ0v) is 26.3. The third-order valence-corrected chi connectivity index (χ3v) is 11.4. The van der Waals surface area contributed by atoms with Crippen molar-refractivity contribution in [3.63, 3.8) is 0 Å². The molecule has 0 aromatic heterocycles. The van der Waals surface area contributed by atoms with Gasteiger partial charge in [0, 0.05) is 10.9 Å². The van der Waals surface area contributed by atoms with Crippen LogP contribution in [0.2, 0.25) is 6.32 Å². The Kier molecular flexibility index (Phi) is 9.84. The summed E-state index contributed by atoms with van der Waals surface area (Å²) in [6.45, 7) is 10.2. The van der Waals surface area contributed by atoms with Gasteiger partial charge in [0.1, 0.15) is 0 Å². The van der Waals surface area contributed by atoms with E-state index in [4.69, 9.17) is 0 Å². The number of aryl methyl sites for hydroxylation is 6. The average Bonchev–Trinajstić information content (AvgIpc) is 2.95. The van der Waals surface area contributed by atoms with Crippen molar-refractivity contribution in [2.75, 3.05) is 0 Å². The van der Waals surface area contributed by atoms with E-state index in [2.05, 4.69) is 0 Å². The molecular formula is C33H28BF10P. The molecule has 1 atom stereocenters. The molecule has 0 aliphatic carbocycles. The van der Waals surface area contributed by atoms with Crippen molar-refractivity contribution in [3.8, 4) is 0 Å². The smallest absolute Gasteiger partial charge is 0.204 e. The first-order valence-corrected chi connectivity index (χ1v) is 15.3. The highest BCUT2D eigenvalue weighted by Crippen LogP contribution is 2.46. The molecule has 0 nitrogen and oxygen atoms in total. The molecule has 4 aromatic carbocycles. The lowest BCUT2D eigenvalue weighted by atomic mass is 9.37. The first-order chi connectivity index (χ1) is 20.9. The Morgan fingerprint density at radius 2 is 0.711 bits per heavy atom. The Morgan fingerprint density at radius 1 is 0.467 bits per heavy atom. The maximum Gasteiger partial charge on any atom is 0.225 e. The molecule has 45 heavy (non-hydrogen) atoms. The molecule has 12 heteroatoms. The molecule has 0 spiro atoms. The van der Waals surface area contributed by atoms with Gasteiger partial charge in [-0.1, -0.05) is 48.6 Å². The standard InChI is InChI=1S/C33H28BF10P/c1-13-8-15(3)32(16(4)9-13)45(33-17(5)10-14(2)11-18(33)6)19(7)12-34(20-22(35)26(39)30(43)27(40)23(20)36)21-24(37)28(41)31(44)29(42)25(21)38/h8-11,19H,12H2,1-7H3. The highest BCUT2D eigenvalue weighted by atomic mass is 31.1. The minimum atomic E-state index is -2.53. The number of benzene rings is 4. The largest absolute Gasteiger partial charge is 0.225 e. The Hall–Kier alpha value is -3.33. The van der Waals surface area contributed by atoms with Gasteiger partial charge in [-0.05, 0) is 88.0 Å². The van der Waals surface area contributed by atoms with Crippen LogP contribution in [0.4, 0.5) is 43.9 Å². The molecular weight excluding hydrogens is 628 g/mol. The zero-order chi connectivity index (χ0) is 33.8. The monoisotopic (exact) mass is 656 g/mol. The average molecular weight is 656 g/mol. The SMILES string of the molecule is Cc1cc(C)c(P(c2c(C)cc(C)cc2C)C(C)CB(c2c(F)c(F)c(F)c(F)c2F)c2c(F)c(F)c(F)c(F)c2F)c(C)c1. The first-order valence-electron chi connectivity index (χ1n) is 13.9. The van der Waals surface area contributed by atoms with Crippen LogP contribution in [-0.2, 0) is 0 Å². The number of hydrogen-bond acceptors (Lipinski definition) is 0. The van der Waals surface area contributed by atoms with Crippen molar-refractivity contribution in [2.45, 2.75) is 60.4 Å². The fourth-order valence-corrected chi connectivity index (χ4v) is 9.64. The summed E-state index contributed by atoms with van der Waals surface area (Å²) in [4.78, 5) is 0. The second-order valence-corrected chi connectivity index (χ2v) is 14.0. The molecule has 0 amide bonds. The van der Waals surface area contributed by atoms with Crippen LogP contribution in [0.3, 0.4) is 0 Å². The van der Waals surface area contributed by atoms with E-state index in [1.165, 1.54) is 0 Å². The Morgan fingerprint density at radius 3 is 0.978 bits per heavy atom. The summed E-state index contributed by atoms with van der Waals surface area (Å²) in [7, 11) is -1.63. The number of hydrogen-bond donors (Lipinski definition) is 0. The summed E-state index contributed by atoms with van der Waals surface area (Å²) >= 11 is 0. The third kappa shape index (κ3) is 6.00. The van der Waals surface area contributed by atoms with Crippen molar-refractivity contribution in [2.24, 2.45) is 0 Å².